The van der Waals surface area contributed by atoms with Crippen molar-refractivity contribution in [2.75, 3.05) is 6.61 Å². The average molecular weight is 814 g/mol. The van der Waals surface area contributed by atoms with Gasteiger partial charge in [0.05, 0.1) is 49.2 Å². The molecular formula is C48H44ClNO7S. The van der Waals surface area contributed by atoms with Crippen molar-refractivity contribution in [3.63, 3.8) is 0 Å². The number of benzene rings is 5. The molecule has 1 saturated heterocycles. The number of aromatic nitrogens is 1. The monoisotopic (exact) mass is 813 g/mol. The second-order valence-electron chi connectivity index (χ2n) is 14.2. The predicted octanol–water partition coefficient (Wildman–Crippen LogP) is 10.8. The highest BCUT2D eigenvalue weighted by Crippen LogP contribution is 2.43. The molecule has 5 unspecified atom stereocenters. The Morgan fingerprint density at radius 1 is 0.638 bits per heavy atom. The number of nitrogens with zero attached hydrogens (tertiary/aromatic N) is 1. The van der Waals surface area contributed by atoms with E-state index in [1.54, 1.807) is 18.5 Å². The molecule has 0 saturated carbocycles. The molecule has 0 bridgehead atoms. The molecule has 1 aliphatic rings. The number of phenols is 1. The molecule has 3 heterocycles. The van der Waals surface area contributed by atoms with Crippen LogP contribution in [-0.4, -0.2) is 41.1 Å². The molecule has 10 heteroatoms. The number of furan rings is 1. The molecule has 1 N–H and O–H groups in total. The van der Waals surface area contributed by atoms with Gasteiger partial charge in [0.25, 0.3) is 0 Å². The number of ether oxygens (including phenoxy) is 5. The van der Waals surface area contributed by atoms with Crippen LogP contribution in [0.15, 0.2) is 162 Å². The van der Waals surface area contributed by atoms with Crippen LogP contribution < -0.4 is 0 Å². The van der Waals surface area contributed by atoms with Gasteiger partial charge in [0.2, 0.25) is 0 Å². The maximum Gasteiger partial charge on any atom is 0.145 e. The standard InChI is InChI=1S/C48H44ClNO7S/c49-39-26-40(51)38(24-37(39)25-44-50-27-43(58-44)41-22-13-23-53-41)45-47(55-30-35-18-9-3-10-19-35)48(56-31-36-20-11-4-12-21-36)46(54-29-34-16-7-2-8-17-34)42(57-45)32-52-28-33-14-5-1-6-15-33/h1-24,26-27,42,45-48,51H,25,28-32H2. The summed E-state index contributed by atoms with van der Waals surface area (Å²) in [6.45, 7) is 1.45. The first kappa shape index (κ1) is 39.7. The van der Waals surface area contributed by atoms with Crippen molar-refractivity contribution in [1.29, 1.82) is 0 Å². The summed E-state index contributed by atoms with van der Waals surface area (Å²) < 4.78 is 39.7. The van der Waals surface area contributed by atoms with Gasteiger partial charge in [-0.25, -0.2) is 4.98 Å². The summed E-state index contributed by atoms with van der Waals surface area (Å²) in [7, 11) is 0. The molecule has 296 valence electrons. The molecule has 5 aromatic carbocycles. The van der Waals surface area contributed by atoms with Gasteiger partial charge in [0, 0.05) is 23.2 Å². The lowest BCUT2D eigenvalue weighted by Crippen LogP contribution is -2.58. The fourth-order valence-electron chi connectivity index (χ4n) is 7.12. The number of hydrogen-bond acceptors (Lipinski definition) is 9. The number of halogens is 1. The molecule has 1 fully saturated rings. The van der Waals surface area contributed by atoms with Crippen molar-refractivity contribution >= 4 is 22.9 Å². The number of phenolic OH excluding ortho intramolecular Hbond substituents is 1. The molecule has 1 aliphatic heterocycles. The molecule has 0 radical (unpaired) electrons. The van der Waals surface area contributed by atoms with Gasteiger partial charge in [-0.15, -0.1) is 11.3 Å². The maximum absolute atomic E-state index is 11.7. The zero-order chi connectivity index (χ0) is 39.5. The van der Waals surface area contributed by atoms with Crippen molar-refractivity contribution in [3.8, 4) is 16.4 Å². The van der Waals surface area contributed by atoms with Gasteiger partial charge >= 0.3 is 0 Å². The number of thiazole rings is 1. The fraction of sp³-hybridized carbons (Fsp3) is 0.229. The summed E-state index contributed by atoms with van der Waals surface area (Å²) in [5.41, 5.74) is 5.32. The van der Waals surface area contributed by atoms with Crippen LogP contribution in [0.2, 0.25) is 5.02 Å². The van der Waals surface area contributed by atoms with Crippen LogP contribution in [0.1, 0.15) is 44.5 Å². The SMILES string of the molecule is Oc1cc(Cl)c(Cc2ncc(-c3ccco3)s2)cc1C1OC(COCc2ccccc2)C(OCc2ccccc2)C(OCc2ccccc2)C1OCc1ccccc1. The largest absolute Gasteiger partial charge is 0.508 e. The summed E-state index contributed by atoms with van der Waals surface area (Å²) in [6.07, 6.45) is 0.426. The Bertz CT molecular complexity index is 2290. The molecule has 0 spiro atoms. The molecule has 8 rings (SSSR count). The van der Waals surface area contributed by atoms with Crippen molar-refractivity contribution in [1.82, 2.24) is 4.98 Å². The smallest absolute Gasteiger partial charge is 0.145 e. The molecule has 7 aromatic rings. The first-order valence-corrected chi connectivity index (χ1v) is 20.5. The summed E-state index contributed by atoms with van der Waals surface area (Å²) >= 11 is 8.39. The van der Waals surface area contributed by atoms with Crippen LogP contribution in [-0.2, 0) is 56.5 Å². The van der Waals surface area contributed by atoms with Crippen LogP contribution in [0.25, 0.3) is 10.6 Å². The van der Waals surface area contributed by atoms with E-state index in [-0.39, 0.29) is 19.0 Å². The van der Waals surface area contributed by atoms with Gasteiger partial charge in [-0.05, 0) is 52.1 Å². The van der Waals surface area contributed by atoms with E-state index in [1.165, 1.54) is 11.3 Å². The highest BCUT2D eigenvalue weighted by atomic mass is 35.5. The minimum Gasteiger partial charge on any atom is -0.508 e. The summed E-state index contributed by atoms with van der Waals surface area (Å²) in [4.78, 5) is 5.59. The first-order chi connectivity index (χ1) is 28.6. The minimum absolute atomic E-state index is 0.0168. The van der Waals surface area contributed by atoms with E-state index >= 15 is 0 Å². The van der Waals surface area contributed by atoms with E-state index in [0.29, 0.717) is 36.8 Å². The molecular weight excluding hydrogens is 770 g/mol. The van der Waals surface area contributed by atoms with Gasteiger partial charge in [-0.3, -0.25) is 0 Å². The van der Waals surface area contributed by atoms with E-state index in [9.17, 15) is 5.11 Å². The van der Waals surface area contributed by atoms with E-state index < -0.39 is 30.5 Å². The third kappa shape index (κ3) is 10.1. The van der Waals surface area contributed by atoms with Crippen LogP contribution in [0.5, 0.6) is 5.75 Å². The Morgan fingerprint density at radius 3 is 1.76 bits per heavy atom. The van der Waals surface area contributed by atoms with Crippen molar-refractivity contribution < 1.29 is 33.2 Å². The van der Waals surface area contributed by atoms with E-state index in [1.807, 2.05) is 140 Å². The fourth-order valence-corrected chi connectivity index (χ4v) is 8.25. The molecule has 0 amide bonds. The van der Waals surface area contributed by atoms with Crippen LogP contribution in [0.3, 0.4) is 0 Å². The Balaban J connectivity index is 1.17. The second-order valence-corrected chi connectivity index (χ2v) is 15.7. The lowest BCUT2D eigenvalue weighted by atomic mass is 9.89. The number of aromatic hydroxyl groups is 1. The number of hydrogen-bond donors (Lipinski definition) is 1. The van der Waals surface area contributed by atoms with Crippen molar-refractivity contribution in [3.05, 3.63) is 201 Å². The summed E-state index contributed by atoms with van der Waals surface area (Å²) in [5, 5.41) is 13.0. The molecule has 8 nitrogen and oxygen atoms in total. The van der Waals surface area contributed by atoms with Crippen molar-refractivity contribution in [2.24, 2.45) is 0 Å². The van der Waals surface area contributed by atoms with Crippen molar-refractivity contribution in [2.45, 2.75) is 63.4 Å². The Hall–Kier alpha value is -5.10. The Kier molecular flexibility index (Phi) is 13.4. The van der Waals surface area contributed by atoms with Crippen LogP contribution in [0.4, 0.5) is 0 Å². The zero-order valence-electron chi connectivity index (χ0n) is 31.8. The third-order valence-electron chi connectivity index (χ3n) is 10.0. The lowest BCUT2D eigenvalue weighted by Gasteiger charge is -2.46. The quantitative estimate of drug-likeness (QED) is 0.0972. The highest BCUT2D eigenvalue weighted by Gasteiger charge is 2.49. The average Bonchev–Trinajstić information content (AvgIpc) is 3.98. The van der Waals surface area contributed by atoms with Crippen LogP contribution >= 0.6 is 22.9 Å². The second kappa shape index (κ2) is 19.6. The summed E-state index contributed by atoms with van der Waals surface area (Å²) in [6, 6.07) is 47.3. The first-order valence-electron chi connectivity index (χ1n) is 19.3. The number of rotatable bonds is 17. The zero-order valence-corrected chi connectivity index (χ0v) is 33.3. The maximum atomic E-state index is 11.7. The topological polar surface area (TPSA) is 92.4 Å². The molecule has 0 aliphatic carbocycles. The van der Waals surface area contributed by atoms with E-state index in [0.717, 1.165) is 43.5 Å². The van der Waals surface area contributed by atoms with Gasteiger partial charge in [0.15, 0.2) is 0 Å². The van der Waals surface area contributed by atoms with Gasteiger partial charge in [-0.1, -0.05) is 133 Å². The summed E-state index contributed by atoms with van der Waals surface area (Å²) in [5.74, 6) is 0.734. The Labute approximate surface area is 347 Å². The third-order valence-corrected chi connectivity index (χ3v) is 11.4. The normalized spacial score (nSPS) is 19.3. The molecule has 58 heavy (non-hydrogen) atoms. The Morgan fingerprint density at radius 2 is 1.19 bits per heavy atom. The predicted molar refractivity (Wildman–Crippen MR) is 225 cm³/mol. The molecule has 2 aromatic heterocycles. The van der Waals surface area contributed by atoms with E-state index in [2.05, 4.69) is 4.98 Å². The van der Waals surface area contributed by atoms with Gasteiger partial charge in [-0.2, -0.15) is 0 Å². The highest BCUT2D eigenvalue weighted by molar-refractivity contribution is 7.15. The van der Waals surface area contributed by atoms with E-state index in [4.69, 9.17) is 39.7 Å². The lowest BCUT2D eigenvalue weighted by molar-refractivity contribution is -0.275. The van der Waals surface area contributed by atoms with Gasteiger partial charge in [0.1, 0.15) is 42.0 Å². The van der Waals surface area contributed by atoms with Crippen LogP contribution in [0, 0.1) is 0 Å². The molecule has 5 atom stereocenters. The minimum atomic E-state index is -0.808. The van der Waals surface area contributed by atoms with Gasteiger partial charge < -0.3 is 33.2 Å².